The molecule has 0 amide bonds. The van der Waals surface area contributed by atoms with Gasteiger partial charge in [0.25, 0.3) is 0 Å². The van der Waals surface area contributed by atoms with E-state index in [0.29, 0.717) is 0 Å². The van der Waals surface area contributed by atoms with Gasteiger partial charge in [0.1, 0.15) is 0 Å². The second kappa shape index (κ2) is 9.19. The Bertz CT molecular complexity index is 1130. The normalized spacial score (nSPS) is 10.3. The third-order valence-electron chi connectivity index (χ3n) is 3.06. The zero-order valence-electron chi connectivity index (χ0n) is 14.8. The number of nitrogens with two attached hydrogens (primary N) is 1. The lowest BCUT2D eigenvalue weighted by atomic mass is 10.2. The van der Waals surface area contributed by atoms with Crippen molar-refractivity contribution >= 4 is 44.1 Å². The van der Waals surface area contributed by atoms with E-state index in [1.165, 1.54) is 6.07 Å². The number of hydrogen-bond donors (Lipinski definition) is 2. The Morgan fingerprint density at radius 3 is 1.53 bits per heavy atom. The van der Waals surface area contributed by atoms with Gasteiger partial charge in [-0.05, 0) is 12.1 Å². The van der Waals surface area contributed by atoms with Crippen LogP contribution in [0.5, 0.6) is 0 Å². The summed E-state index contributed by atoms with van der Waals surface area (Å²) in [6.07, 6.45) is 0.861. The molecule has 16 nitrogen and oxygen atoms in total. The summed E-state index contributed by atoms with van der Waals surface area (Å²) in [6, 6.07) is 5.94. The first-order valence-corrected chi connectivity index (χ1v) is 9.21. The zero-order chi connectivity index (χ0) is 23.2. The second-order valence-corrected chi connectivity index (χ2v) is 7.10. The minimum absolute atomic E-state index is 0.107. The van der Waals surface area contributed by atoms with E-state index in [9.17, 15) is 48.9 Å². The van der Waals surface area contributed by atoms with E-state index in [-0.39, 0.29) is 11.4 Å². The Kier molecular flexibility index (Phi) is 7.24. The van der Waals surface area contributed by atoms with E-state index in [2.05, 4.69) is 0 Å². The number of nitro groups is 4. The summed E-state index contributed by atoms with van der Waals surface area (Å²) in [7, 11) is -3.60. The SMILES string of the molecule is CS(=O)(=O)Nc1ccc([N+](=O)[O-])c([N+](=O)[O-])c1.Nc1ccc([N+](=O)[O-])c([N+](=O)[O-])c1. The van der Waals surface area contributed by atoms with Crippen LogP contribution in [0.4, 0.5) is 34.1 Å². The average Bonchev–Trinajstić information content (AvgIpc) is 2.60. The highest BCUT2D eigenvalue weighted by Gasteiger charge is 2.25. The summed E-state index contributed by atoms with van der Waals surface area (Å²) in [5, 5.41) is 41.7. The first-order chi connectivity index (χ1) is 13.7. The number of sulfonamides is 1. The third kappa shape index (κ3) is 6.64. The average molecular weight is 444 g/mol. The molecular formula is C13H12N6O10S. The Balaban J connectivity index is 0.000000311. The highest BCUT2D eigenvalue weighted by atomic mass is 32.2. The molecule has 0 heterocycles. The van der Waals surface area contributed by atoms with Gasteiger partial charge in [0, 0.05) is 30.0 Å². The van der Waals surface area contributed by atoms with Crippen LogP contribution in [0, 0.1) is 40.5 Å². The third-order valence-corrected chi connectivity index (χ3v) is 3.67. The first-order valence-electron chi connectivity index (χ1n) is 7.32. The fourth-order valence-corrected chi connectivity index (χ4v) is 2.50. The van der Waals surface area contributed by atoms with Gasteiger partial charge in [-0.15, -0.1) is 0 Å². The molecule has 0 unspecified atom stereocenters. The monoisotopic (exact) mass is 444 g/mol. The summed E-state index contributed by atoms with van der Waals surface area (Å²) in [4.78, 5) is 38.1. The molecule has 0 fully saturated rings. The molecule has 0 radical (unpaired) electrons. The van der Waals surface area contributed by atoms with Gasteiger partial charge in [-0.2, -0.15) is 0 Å². The molecule has 3 N–H and O–H groups in total. The van der Waals surface area contributed by atoms with Crippen LogP contribution in [0.2, 0.25) is 0 Å². The maximum atomic E-state index is 10.9. The summed E-state index contributed by atoms with van der Waals surface area (Å²) in [6.45, 7) is 0. The molecule has 17 heteroatoms. The van der Waals surface area contributed by atoms with Gasteiger partial charge in [-0.1, -0.05) is 0 Å². The largest absolute Gasteiger partial charge is 0.399 e. The number of rotatable bonds is 6. The molecule has 0 saturated heterocycles. The van der Waals surface area contributed by atoms with Crippen LogP contribution in [0.1, 0.15) is 0 Å². The van der Waals surface area contributed by atoms with Crippen LogP contribution in [-0.4, -0.2) is 34.4 Å². The Morgan fingerprint density at radius 2 is 1.13 bits per heavy atom. The summed E-state index contributed by atoms with van der Waals surface area (Å²) in [5.41, 5.74) is 2.63. The zero-order valence-corrected chi connectivity index (χ0v) is 15.6. The molecule has 0 aliphatic carbocycles. The fraction of sp³-hybridized carbons (Fsp3) is 0.0769. The second-order valence-electron chi connectivity index (χ2n) is 5.35. The predicted octanol–water partition coefficient (Wildman–Crippen LogP) is 1.96. The molecule has 0 saturated carbocycles. The number of nitrogens with one attached hydrogen (secondary N) is 1. The lowest BCUT2D eigenvalue weighted by Crippen LogP contribution is -2.10. The highest BCUT2D eigenvalue weighted by Crippen LogP contribution is 2.30. The van der Waals surface area contributed by atoms with Gasteiger partial charge in [0.15, 0.2) is 0 Å². The first kappa shape index (κ1) is 23.6. The molecule has 0 aliphatic heterocycles. The molecule has 2 aromatic carbocycles. The van der Waals surface area contributed by atoms with Gasteiger partial charge in [-0.3, -0.25) is 45.2 Å². The Labute approximate surface area is 166 Å². The van der Waals surface area contributed by atoms with Crippen LogP contribution in [0.15, 0.2) is 36.4 Å². The standard InChI is InChI=1S/C7H7N3O6S.C6H5N3O4/c1-17(15,16)8-5-2-3-6(9(11)12)7(4-5)10(13)14;7-4-1-2-5(8(10)11)6(3-4)9(12)13/h2-4,8H,1H3;1-3H,7H2. The molecule has 0 aromatic heterocycles. The summed E-state index contributed by atoms with van der Waals surface area (Å²) >= 11 is 0. The number of anilines is 2. The molecule has 2 rings (SSSR count). The summed E-state index contributed by atoms with van der Waals surface area (Å²) < 4.78 is 23.8. The van der Waals surface area contributed by atoms with Crippen molar-refractivity contribution in [2.45, 2.75) is 0 Å². The topological polar surface area (TPSA) is 245 Å². The quantitative estimate of drug-likeness (QED) is 0.370. The molecule has 30 heavy (non-hydrogen) atoms. The Hall–Kier alpha value is -4.41. The lowest BCUT2D eigenvalue weighted by molar-refractivity contribution is -0.422. The maximum Gasteiger partial charge on any atom is 0.348 e. The number of nitrogens with zero attached hydrogens (tertiary/aromatic N) is 4. The van der Waals surface area contributed by atoms with Crippen molar-refractivity contribution in [1.82, 2.24) is 0 Å². The molecule has 2 aromatic rings. The molecule has 0 bridgehead atoms. The molecular weight excluding hydrogens is 432 g/mol. The minimum atomic E-state index is -3.60. The number of hydrogen-bond acceptors (Lipinski definition) is 11. The van der Waals surface area contributed by atoms with Crippen molar-refractivity contribution in [1.29, 1.82) is 0 Å². The van der Waals surface area contributed by atoms with E-state index < -0.39 is 52.5 Å². The van der Waals surface area contributed by atoms with Crippen LogP contribution >= 0.6 is 0 Å². The van der Waals surface area contributed by atoms with Crippen LogP contribution < -0.4 is 10.5 Å². The summed E-state index contributed by atoms with van der Waals surface area (Å²) in [5.74, 6) is 0. The lowest BCUT2D eigenvalue weighted by Gasteiger charge is -2.03. The van der Waals surface area contributed by atoms with Crippen molar-refractivity contribution in [2.24, 2.45) is 0 Å². The van der Waals surface area contributed by atoms with Crippen molar-refractivity contribution in [3.63, 3.8) is 0 Å². The van der Waals surface area contributed by atoms with E-state index in [4.69, 9.17) is 5.73 Å². The Morgan fingerprint density at radius 1 is 0.733 bits per heavy atom. The highest BCUT2D eigenvalue weighted by molar-refractivity contribution is 7.92. The van der Waals surface area contributed by atoms with Gasteiger partial charge >= 0.3 is 22.7 Å². The number of nitro benzene ring substituents is 4. The van der Waals surface area contributed by atoms with Gasteiger partial charge in [0.2, 0.25) is 10.0 Å². The molecule has 0 aliphatic rings. The van der Waals surface area contributed by atoms with Crippen LogP contribution in [0.3, 0.4) is 0 Å². The fourth-order valence-electron chi connectivity index (χ4n) is 1.94. The number of benzene rings is 2. The molecule has 160 valence electrons. The molecule has 0 spiro atoms. The van der Waals surface area contributed by atoms with Crippen LogP contribution in [0.25, 0.3) is 0 Å². The maximum absolute atomic E-state index is 10.9. The van der Waals surface area contributed by atoms with E-state index in [0.717, 1.165) is 36.6 Å². The van der Waals surface area contributed by atoms with Crippen molar-refractivity contribution in [3.8, 4) is 0 Å². The van der Waals surface area contributed by atoms with Crippen molar-refractivity contribution in [3.05, 3.63) is 76.9 Å². The van der Waals surface area contributed by atoms with Crippen molar-refractivity contribution in [2.75, 3.05) is 16.7 Å². The van der Waals surface area contributed by atoms with E-state index >= 15 is 0 Å². The van der Waals surface area contributed by atoms with Crippen LogP contribution in [-0.2, 0) is 10.0 Å². The smallest absolute Gasteiger partial charge is 0.348 e. The minimum Gasteiger partial charge on any atom is -0.399 e. The van der Waals surface area contributed by atoms with Gasteiger partial charge < -0.3 is 5.73 Å². The van der Waals surface area contributed by atoms with Crippen molar-refractivity contribution < 1.29 is 28.1 Å². The predicted molar refractivity (Wildman–Crippen MR) is 102 cm³/mol. The number of nitrogen functional groups attached to an aromatic ring is 1. The van der Waals surface area contributed by atoms with Gasteiger partial charge in [-0.25, -0.2) is 8.42 Å². The van der Waals surface area contributed by atoms with E-state index in [1.807, 2.05) is 4.72 Å². The molecule has 0 atom stereocenters. The van der Waals surface area contributed by atoms with E-state index in [1.54, 1.807) is 0 Å². The van der Waals surface area contributed by atoms with Gasteiger partial charge in [0.05, 0.1) is 31.6 Å².